The van der Waals surface area contributed by atoms with Crippen molar-refractivity contribution in [1.29, 1.82) is 0 Å². The summed E-state index contributed by atoms with van der Waals surface area (Å²) in [6.45, 7) is 3.46. The first-order valence-corrected chi connectivity index (χ1v) is 6.83. The molecule has 0 unspecified atom stereocenters. The van der Waals surface area contributed by atoms with Crippen molar-refractivity contribution in [3.05, 3.63) is 42.2 Å². The molecule has 3 N–H and O–H groups in total. The fraction of sp³-hybridized carbons (Fsp3) is 0.333. The molecule has 0 bridgehead atoms. The van der Waals surface area contributed by atoms with Gasteiger partial charge in [-0.05, 0) is 18.6 Å². The maximum Gasteiger partial charge on any atom is 0.132 e. The van der Waals surface area contributed by atoms with Crippen LogP contribution in [-0.4, -0.2) is 23.1 Å². The Hall–Kier alpha value is -2.30. The van der Waals surface area contributed by atoms with E-state index in [0.29, 0.717) is 12.4 Å². The summed E-state index contributed by atoms with van der Waals surface area (Å²) in [6.07, 6.45) is 1.66. The zero-order chi connectivity index (χ0) is 14.2. The van der Waals surface area contributed by atoms with E-state index in [-0.39, 0.29) is 0 Å². The molecule has 0 amide bonds. The third kappa shape index (κ3) is 4.42. The molecule has 20 heavy (non-hydrogen) atoms. The Kier molecular flexibility index (Phi) is 5.17. The predicted octanol–water partition coefficient (Wildman–Crippen LogP) is 2.50. The molecule has 0 saturated heterocycles. The van der Waals surface area contributed by atoms with Gasteiger partial charge in [-0.2, -0.15) is 0 Å². The predicted molar refractivity (Wildman–Crippen MR) is 80.9 cm³/mol. The smallest absolute Gasteiger partial charge is 0.132 e. The molecule has 0 radical (unpaired) electrons. The number of benzene rings is 1. The number of anilines is 2. The number of para-hydroxylation sites is 1. The number of rotatable bonds is 7. The molecular weight excluding hydrogens is 252 g/mol. The average molecular weight is 272 g/mol. The standard InChI is InChI=1S/C15H20N4O/c1-2-14-18-13(16)11-15(19-14)17-9-6-10-20-12-7-4-3-5-8-12/h3-5,7-8,11H,2,6,9-10H2,1H3,(H3,16,17,18,19). The van der Waals surface area contributed by atoms with E-state index in [4.69, 9.17) is 10.5 Å². The number of aromatic nitrogens is 2. The molecule has 1 heterocycles. The molecule has 1 aromatic carbocycles. The lowest BCUT2D eigenvalue weighted by molar-refractivity contribution is 0.315. The van der Waals surface area contributed by atoms with E-state index in [1.165, 1.54) is 0 Å². The zero-order valence-electron chi connectivity index (χ0n) is 11.7. The van der Waals surface area contributed by atoms with Gasteiger partial charge in [0.05, 0.1) is 6.61 Å². The highest BCUT2D eigenvalue weighted by atomic mass is 16.5. The first-order valence-electron chi connectivity index (χ1n) is 6.83. The van der Waals surface area contributed by atoms with E-state index < -0.39 is 0 Å². The van der Waals surface area contributed by atoms with Gasteiger partial charge in [-0.25, -0.2) is 9.97 Å². The lowest BCUT2D eigenvalue weighted by Crippen LogP contribution is -2.10. The Bertz CT molecular complexity index is 531. The summed E-state index contributed by atoms with van der Waals surface area (Å²) >= 11 is 0. The van der Waals surface area contributed by atoms with Gasteiger partial charge in [0.25, 0.3) is 0 Å². The van der Waals surface area contributed by atoms with E-state index >= 15 is 0 Å². The zero-order valence-corrected chi connectivity index (χ0v) is 11.7. The number of nitrogens with zero attached hydrogens (tertiary/aromatic N) is 2. The first-order chi connectivity index (χ1) is 9.78. The van der Waals surface area contributed by atoms with Gasteiger partial charge in [0.1, 0.15) is 23.2 Å². The minimum Gasteiger partial charge on any atom is -0.494 e. The van der Waals surface area contributed by atoms with Gasteiger partial charge in [0.15, 0.2) is 0 Å². The van der Waals surface area contributed by atoms with E-state index in [1.54, 1.807) is 6.07 Å². The van der Waals surface area contributed by atoms with Crippen LogP contribution in [0.25, 0.3) is 0 Å². The Labute approximate surface area is 119 Å². The van der Waals surface area contributed by atoms with Crippen LogP contribution >= 0.6 is 0 Å². The van der Waals surface area contributed by atoms with Crippen molar-refractivity contribution in [1.82, 2.24) is 9.97 Å². The molecule has 0 aliphatic rings. The molecule has 0 fully saturated rings. The van der Waals surface area contributed by atoms with Crippen LogP contribution in [0.15, 0.2) is 36.4 Å². The third-order valence-corrected chi connectivity index (χ3v) is 2.75. The SMILES string of the molecule is CCc1nc(N)cc(NCCCOc2ccccc2)n1. The molecule has 106 valence electrons. The van der Waals surface area contributed by atoms with Crippen LogP contribution in [0, 0.1) is 0 Å². The lowest BCUT2D eigenvalue weighted by Gasteiger charge is -2.08. The van der Waals surface area contributed by atoms with Crippen molar-refractivity contribution >= 4 is 11.6 Å². The molecule has 0 spiro atoms. The molecule has 2 rings (SSSR count). The van der Waals surface area contributed by atoms with Gasteiger partial charge in [-0.1, -0.05) is 25.1 Å². The van der Waals surface area contributed by atoms with Crippen molar-refractivity contribution in [2.24, 2.45) is 0 Å². The number of nitrogen functional groups attached to an aromatic ring is 1. The highest BCUT2D eigenvalue weighted by Gasteiger charge is 2.00. The molecule has 0 aliphatic heterocycles. The van der Waals surface area contributed by atoms with Gasteiger partial charge in [0, 0.05) is 19.0 Å². The molecule has 0 aliphatic carbocycles. The van der Waals surface area contributed by atoms with Crippen LogP contribution in [-0.2, 0) is 6.42 Å². The summed E-state index contributed by atoms with van der Waals surface area (Å²) in [4.78, 5) is 8.50. The van der Waals surface area contributed by atoms with Crippen LogP contribution in [0.3, 0.4) is 0 Å². The van der Waals surface area contributed by atoms with Gasteiger partial charge in [-0.3, -0.25) is 0 Å². The highest BCUT2D eigenvalue weighted by molar-refractivity contribution is 5.44. The summed E-state index contributed by atoms with van der Waals surface area (Å²) < 4.78 is 5.62. The van der Waals surface area contributed by atoms with Gasteiger partial charge in [0.2, 0.25) is 0 Å². The second-order valence-corrected chi connectivity index (χ2v) is 4.39. The summed E-state index contributed by atoms with van der Waals surface area (Å²) in [6, 6.07) is 11.5. The lowest BCUT2D eigenvalue weighted by atomic mass is 10.3. The minimum absolute atomic E-state index is 0.500. The molecule has 5 nitrogen and oxygen atoms in total. The number of nitrogens with one attached hydrogen (secondary N) is 1. The van der Waals surface area contributed by atoms with Crippen LogP contribution in [0.2, 0.25) is 0 Å². The Balaban J connectivity index is 1.72. The Morgan fingerprint density at radius 1 is 1.20 bits per heavy atom. The molecule has 5 heteroatoms. The van der Waals surface area contributed by atoms with Crippen molar-refractivity contribution in [2.45, 2.75) is 19.8 Å². The van der Waals surface area contributed by atoms with Gasteiger partial charge < -0.3 is 15.8 Å². The van der Waals surface area contributed by atoms with Crippen molar-refractivity contribution < 1.29 is 4.74 Å². The molecule has 0 saturated carbocycles. The Morgan fingerprint density at radius 2 is 2.00 bits per heavy atom. The van der Waals surface area contributed by atoms with Crippen LogP contribution in [0.1, 0.15) is 19.2 Å². The average Bonchev–Trinajstić information content (AvgIpc) is 2.47. The number of ether oxygens (including phenoxy) is 1. The largest absolute Gasteiger partial charge is 0.494 e. The molecule has 2 aromatic rings. The van der Waals surface area contributed by atoms with Crippen molar-refractivity contribution in [3.8, 4) is 5.75 Å². The fourth-order valence-corrected chi connectivity index (χ4v) is 1.76. The van der Waals surface area contributed by atoms with Crippen LogP contribution in [0.5, 0.6) is 5.75 Å². The maximum absolute atomic E-state index is 5.73. The topological polar surface area (TPSA) is 73.1 Å². The minimum atomic E-state index is 0.500. The normalized spacial score (nSPS) is 10.2. The van der Waals surface area contributed by atoms with E-state index in [0.717, 1.165) is 36.8 Å². The quantitative estimate of drug-likeness (QED) is 0.758. The second-order valence-electron chi connectivity index (χ2n) is 4.39. The number of aryl methyl sites for hydroxylation is 1. The van der Waals surface area contributed by atoms with E-state index in [9.17, 15) is 0 Å². The maximum atomic E-state index is 5.73. The van der Waals surface area contributed by atoms with Crippen LogP contribution < -0.4 is 15.8 Å². The fourth-order valence-electron chi connectivity index (χ4n) is 1.76. The second kappa shape index (κ2) is 7.33. The van der Waals surface area contributed by atoms with Crippen molar-refractivity contribution in [2.75, 3.05) is 24.2 Å². The molecule has 1 aromatic heterocycles. The van der Waals surface area contributed by atoms with E-state index in [1.807, 2.05) is 37.3 Å². The van der Waals surface area contributed by atoms with Gasteiger partial charge in [-0.15, -0.1) is 0 Å². The first kappa shape index (κ1) is 14.1. The Morgan fingerprint density at radius 3 is 2.75 bits per heavy atom. The summed E-state index contributed by atoms with van der Waals surface area (Å²) in [5.41, 5.74) is 5.73. The summed E-state index contributed by atoms with van der Waals surface area (Å²) in [5, 5.41) is 3.24. The third-order valence-electron chi connectivity index (χ3n) is 2.75. The van der Waals surface area contributed by atoms with Gasteiger partial charge >= 0.3 is 0 Å². The summed E-state index contributed by atoms with van der Waals surface area (Å²) in [5.74, 6) is 2.93. The number of hydrogen-bond acceptors (Lipinski definition) is 5. The molecular formula is C15H20N4O. The summed E-state index contributed by atoms with van der Waals surface area (Å²) in [7, 11) is 0. The monoisotopic (exact) mass is 272 g/mol. The number of nitrogens with two attached hydrogens (primary N) is 1. The van der Waals surface area contributed by atoms with Crippen LogP contribution in [0.4, 0.5) is 11.6 Å². The van der Waals surface area contributed by atoms with E-state index in [2.05, 4.69) is 15.3 Å². The van der Waals surface area contributed by atoms with Crippen molar-refractivity contribution in [3.63, 3.8) is 0 Å². The number of hydrogen-bond donors (Lipinski definition) is 2. The molecule has 0 atom stereocenters. The highest BCUT2D eigenvalue weighted by Crippen LogP contribution is 2.10.